The van der Waals surface area contributed by atoms with Crippen LogP contribution in [0.1, 0.15) is 110 Å². The Labute approximate surface area is 343 Å². The van der Waals surface area contributed by atoms with Gasteiger partial charge in [-0.3, -0.25) is 9.78 Å². The number of aryl methyl sites for hydroxylation is 3. The summed E-state index contributed by atoms with van der Waals surface area (Å²) in [5.74, 6) is 1.30. The van der Waals surface area contributed by atoms with Crippen molar-refractivity contribution in [1.82, 2.24) is 15.0 Å². The Morgan fingerprint density at radius 2 is 1.49 bits per heavy atom. The zero-order chi connectivity index (χ0) is 39.9. The third-order valence-corrected chi connectivity index (χ3v) is 14.2. The Balaban J connectivity index is 0.000000320. The van der Waals surface area contributed by atoms with Crippen LogP contribution in [0.5, 0.6) is 0 Å². The second-order valence-corrected chi connectivity index (χ2v) is 22.0. The van der Waals surface area contributed by atoms with Gasteiger partial charge in [-0.15, -0.1) is 18.2 Å². The molecule has 0 saturated heterocycles. The smallest absolute Gasteiger partial charge is 0.216 e. The molecule has 0 spiro atoms. The molecule has 0 fully saturated rings. The first kappa shape index (κ1) is 44.0. The summed E-state index contributed by atoms with van der Waals surface area (Å²) in [6.45, 7) is 30.2. The topological polar surface area (TPSA) is 89.1 Å². The number of hydrogen-bond donors (Lipinski definition) is 1. The minimum absolute atomic E-state index is 0. The largest absolute Gasteiger partial charge is 0.512 e. The molecule has 6 nitrogen and oxygen atoms in total. The van der Waals surface area contributed by atoms with E-state index < -0.39 is 8.07 Å². The number of carbonyl (C=O) groups excluding carboxylic acids is 1. The van der Waals surface area contributed by atoms with Crippen molar-refractivity contribution in [2.24, 2.45) is 10.8 Å². The van der Waals surface area contributed by atoms with Crippen LogP contribution >= 0.6 is 0 Å². The fourth-order valence-electron chi connectivity index (χ4n) is 7.65. The summed E-state index contributed by atoms with van der Waals surface area (Å²) in [5.41, 5.74) is 7.22. The van der Waals surface area contributed by atoms with E-state index in [1.165, 1.54) is 33.2 Å². The van der Waals surface area contributed by atoms with Crippen LogP contribution in [-0.2, 0) is 24.9 Å². The Bertz CT molecular complexity index is 2400. The summed E-state index contributed by atoms with van der Waals surface area (Å²) in [6.07, 6.45) is 4.75. The van der Waals surface area contributed by atoms with Gasteiger partial charge >= 0.3 is 0 Å². The second kappa shape index (κ2) is 16.8. The SMILES string of the molecule is CCC(C)(CC)C(=O)/C=C(\O)C(C)(CC)CC.Cc1ccc2c(n1)oc1c(-c3nc(C(C)C)nc4c3ccc3cc(C)c([Si](C)(C)C)c(C)c34)[c-]ccc12.[Ir]. The van der Waals surface area contributed by atoms with Crippen molar-refractivity contribution in [2.75, 3.05) is 0 Å². The summed E-state index contributed by atoms with van der Waals surface area (Å²) in [4.78, 5) is 27.1. The quantitative estimate of drug-likeness (QED) is 0.0484. The van der Waals surface area contributed by atoms with Crippen LogP contribution in [0.2, 0.25) is 19.6 Å². The number of rotatable bonds is 10. The Hall–Kier alpha value is -3.71. The van der Waals surface area contributed by atoms with E-state index in [9.17, 15) is 9.90 Å². The maximum atomic E-state index is 12.2. The van der Waals surface area contributed by atoms with Gasteiger partial charge in [-0.25, -0.2) is 9.97 Å². The number of carbonyl (C=O) groups is 1. The van der Waals surface area contributed by atoms with E-state index in [1.54, 1.807) is 0 Å². The van der Waals surface area contributed by atoms with Gasteiger partial charge in [0.15, 0.2) is 5.78 Å². The number of pyridine rings is 1. The minimum Gasteiger partial charge on any atom is -0.512 e. The number of nitrogens with zero attached hydrogens (tertiary/aromatic N) is 3. The molecule has 3 heterocycles. The number of aliphatic hydroxyl groups excluding tert-OH is 1. The van der Waals surface area contributed by atoms with Crippen molar-refractivity contribution in [3.63, 3.8) is 0 Å². The van der Waals surface area contributed by atoms with Gasteiger partial charge < -0.3 is 9.52 Å². The Kier molecular flexibility index (Phi) is 13.4. The van der Waals surface area contributed by atoms with E-state index >= 15 is 0 Å². The number of aliphatic hydroxyl groups is 1. The maximum Gasteiger partial charge on any atom is 0.216 e. The average molecular weight is 935 g/mol. The molecule has 8 heteroatoms. The van der Waals surface area contributed by atoms with Crippen molar-refractivity contribution < 1.29 is 34.4 Å². The first-order chi connectivity index (χ1) is 25.3. The van der Waals surface area contributed by atoms with Gasteiger partial charge in [-0.05, 0) is 74.9 Å². The molecule has 0 aliphatic rings. The number of ketones is 1. The molecule has 6 aromatic rings. The molecule has 6 rings (SSSR count). The third kappa shape index (κ3) is 8.38. The molecule has 3 aromatic heterocycles. The van der Waals surface area contributed by atoms with Gasteiger partial charge in [-0.2, -0.15) is 0 Å². The van der Waals surface area contributed by atoms with E-state index in [0.29, 0.717) is 5.71 Å². The van der Waals surface area contributed by atoms with Crippen molar-refractivity contribution in [2.45, 2.75) is 127 Å². The number of benzene rings is 3. The minimum atomic E-state index is -1.57. The van der Waals surface area contributed by atoms with Gasteiger partial charge in [0.1, 0.15) is 11.6 Å². The number of aromatic nitrogens is 3. The molecule has 0 amide bonds. The normalized spacial score (nSPS) is 12.7. The van der Waals surface area contributed by atoms with Crippen LogP contribution in [-0.4, -0.2) is 33.9 Å². The zero-order valence-electron chi connectivity index (χ0n) is 35.5. The fourth-order valence-corrected chi connectivity index (χ4v) is 10.2. The van der Waals surface area contributed by atoms with Crippen LogP contribution < -0.4 is 5.19 Å². The van der Waals surface area contributed by atoms with E-state index in [1.807, 2.05) is 60.6 Å². The number of fused-ring (bicyclic) bond motifs is 6. The first-order valence-electron chi connectivity index (χ1n) is 19.8. The number of hydrogen-bond acceptors (Lipinski definition) is 6. The molecule has 1 N–H and O–H groups in total. The van der Waals surface area contributed by atoms with Crippen molar-refractivity contribution in [3.05, 3.63) is 83.0 Å². The number of allylic oxidation sites excluding steroid dienone is 2. The van der Waals surface area contributed by atoms with Gasteiger partial charge in [0, 0.05) is 65.1 Å². The van der Waals surface area contributed by atoms with E-state index in [4.69, 9.17) is 14.4 Å². The molecule has 295 valence electrons. The Morgan fingerprint density at radius 3 is 2.07 bits per heavy atom. The molecule has 3 aromatic carbocycles. The zero-order valence-corrected chi connectivity index (χ0v) is 38.9. The molecule has 0 atom stereocenters. The third-order valence-electron chi connectivity index (χ3n) is 12.0. The molecular formula is C47H60IrN3O3Si-. The van der Waals surface area contributed by atoms with E-state index in [0.717, 1.165) is 75.7 Å². The molecule has 0 aliphatic carbocycles. The van der Waals surface area contributed by atoms with Gasteiger partial charge in [0.05, 0.1) is 19.2 Å². The average Bonchev–Trinajstić information content (AvgIpc) is 3.50. The predicted octanol–water partition coefficient (Wildman–Crippen LogP) is 12.8. The molecule has 0 unspecified atom stereocenters. The summed E-state index contributed by atoms with van der Waals surface area (Å²) in [5, 5.41) is 17.2. The maximum absolute atomic E-state index is 12.2. The standard InChI is InChI=1S/C32H32N3OSi.C15H28O2.Ir/c1-17(2)31-34-27(25-11-9-10-22-23-14-12-19(4)33-32(23)36-29(22)25)24-15-13-21-16-18(3)30(37(6,7)8)20(5)26(21)28(24)35-31;1-7-14(5,8-2)12(16)11-13(17)15(6,9-3)10-4;/h9-10,12-17H,1-8H3;11,16H,7-10H2,1-6H3;/q-1;;/b;12-11-;. The summed E-state index contributed by atoms with van der Waals surface area (Å²) in [7, 11) is -1.57. The van der Waals surface area contributed by atoms with Crippen molar-refractivity contribution >= 4 is 62.8 Å². The molecule has 0 bridgehead atoms. The predicted molar refractivity (Wildman–Crippen MR) is 231 cm³/mol. The van der Waals surface area contributed by atoms with Crippen LogP contribution in [0.4, 0.5) is 0 Å². The molecular weight excluding hydrogens is 875 g/mol. The summed E-state index contributed by atoms with van der Waals surface area (Å²) in [6, 6.07) is 18.3. The van der Waals surface area contributed by atoms with Gasteiger partial charge in [-0.1, -0.05) is 115 Å². The van der Waals surface area contributed by atoms with Gasteiger partial charge in [0.2, 0.25) is 5.71 Å². The summed E-state index contributed by atoms with van der Waals surface area (Å²) < 4.78 is 6.36. The summed E-state index contributed by atoms with van der Waals surface area (Å²) >= 11 is 0. The monoisotopic (exact) mass is 935 g/mol. The van der Waals surface area contributed by atoms with E-state index in [-0.39, 0.29) is 48.4 Å². The molecule has 0 aliphatic heterocycles. The molecule has 55 heavy (non-hydrogen) atoms. The molecule has 1 radical (unpaired) electrons. The van der Waals surface area contributed by atoms with Crippen LogP contribution in [0.3, 0.4) is 0 Å². The van der Waals surface area contributed by atoms with Gasteiger partial charge in [0.25, 0.3) is 0 Å². The van der Waals surface area contributed by atoms with Crippen molar-refractivity contribution in [3.8, 4) is 11.3 Å². The fraction of sp³-hybridized carbons (Fsp3) is 0.447. The molecule has 0 saturated carbocycles. The first-order valence-corrected chi connectivity index (χ1v) is 23.3. The van der Waals surface area contributed by atoms with Crippen LogP contribution in [0, 0.1) is 37.7 Å². The van der Waals surface area contributed by atoms with Crippen molar-refractivity contribution in [1.29, 1.82) is 0 Å². The van der Waals surface area contributed by atoms with Crippen LogP contribution in [0.25, 0.3) is 55.0 Å². The Morgan fingerprint density at radius 1 is 0.873 bits per heavy atom. The number of furan rings is 1. The van der Waals surface area contributed by atoms with Crippen LogP contribution in [0.15, 0.2) is 58.7 Å². The van der Waals surface area contributed by atoms with E-state index in [2.05, 4.69) is 88.7 Å². The second-order valence-electron chi connectivity index (χ2n) is 17.0.